The lowest BCUT2D eigenvalue weighted by molar-refractivity contribution is 0.105. The molecule has 108 valence electrons. The van der Waals surface area contributed by atoms with Gasteiger partial charge in [-0.2, -0.15) is 0 Å². The van der Waals surface area contributed by atoms with Gasteiger partial charge >= 0.3 is 0 Å². The second-order valence-electron chi connectivity index (χ2n) is 6.63. The minimum atomic E-state index is 0.347. The highest BCUT2D eigenvalue weighted by molar-refractivity contribution is 5.50. The largest absolute Gasteiger partial charge is 0.508 e. The molecule has 1 nitrogen and oxygen atoms in total. The number of hydrogen-bond donors (Lipinski definition) is 1. The van der Waals surface area contributed by atoms with Gasteiger partial charge in [-0.25, -0.2) is 0 Å². The molecule has 1 aromatic rings. The molecule has 2 aliphatic carbocycles. The molecular formula is C19H26O. The van der Waals surface area contributed by atoms with Crippen LogP contribution in [0.5, 0.6) is 5.75 Å². The van der Waals surface area contributed by atoms with Gasteiger partial charge in [-0.3, -0.25) is 0 Å². The maximum atomic E-state index is 9.29. The van der Waals surface area contributed by atoms with Crippen molar-refractivity contribution in [1.29, 1.82) is 0 Å². The molecule has 0 aliphatic heterocycles. The van der Waals surface area contributed by atoms with Crippen LogP contribution in [-0.2, 0) is 0 Å². The smallest absolute Gasteiger partial charge is 0.115 e. The predicted molar refractivity (Wildman–Crippen MR) is 84.5 cm³/mol. The molecule has 0 radical (unpaired) electrons. The molecule has 0 aromatic heterocycles. The summed E-state index contributed by atoms with van der Waals surface area (Å²) in [5, 5.41) is 9.29. The standard InChI is InChI=1S/C19H26O/c20-18-13-11-15(12-14-18)5-3-7-17-9-4-8-16-6-1-2-10-19(16)17/h3,5,11-14,16-17,19-20H,1-2,4,6-10H2. The van der Waals surface area contributed by atoms with Crippen LogP contribution in [0, 0.1) is 17.8 Å². The van der Waals surface area contributed by atoms with Crippen molar-refractivity contribution < 1.29 is 5.11 Å². The Balaban J connectivity index is 1.58. The van der Waals surface area contributed by atoms with Crippen molar-refractivity contribution in [3.63, 3.8) is 0 Å². The molecule has 0 amide bonds. The predicted octanol–water partition coefficient (Wildman–Crippen LogP) is 5.40. The fourth-order valence-corrected chi connectivity index (χ4v) is 4.33. The summed E-state index contributed by atoms with van der Waals surface area (Å²) in [6.45, 7) is 0. The molecule has 0 saturated heterocycles. The van der Waals surface area contributed by atoms with Crippen LogP contribution in [0.4, 0.5) is 0 Å². The van der Waals surface area contributed by atoms with Crippen LogP contribution in [0.1, 0.15) is 56.9 Å². The Morgan fingerprint density at radius 3 is 2.55 bits per heavy atom. The van der Waals surface area contributed by atoms with E-state index in [1.807, 2.05) is 12.1 Å². The Kier molecular flexibility index (Phi) is 4.44. The lowest BCUT2D eigenvalue weighted by atomic mass is 9.65. The van der Waals surface area contributed by atoms with Crippen molar-refractivity contribution >= 4 is 6.08 Å². The van der Waals surface area contributed by atoms with Gasteiger partial charge in [0.1, 0.15) is 5.75 Å². The zero-order valence-corrected chi connectivity index (χ0v) is 12.3. The first kappa shape index (κ1) is 13.7. The molecule has 2 aliphatic rings. The highest BCUT2D eigenvalue weighted by Gasteiger charge is 2.33. The van der Waals surface area contributed by atoms with Gasteiger partial charge in [0, 0.05) is 0 Å². The summed E-state index contributed by atoms with van der Waals surface area (Å²) in [7, 11) is 0. The van der Waals surface area contributed by atoms with Gasteiger partial charge in [0.25, 0.3) is 0 Å². The normalized spacial score (nSPS) is 30.3. The topological polar surface area (TPSA) is 20.2 Å². The van der Waals surface area contributed by atoms with Gasteiger partial charge in [-0.1, -0.05) is 56.4 Å². The van der Waals surface area contributed by atoms with Crippen LogP contribution in [0.15, 0.2) is 30.3 Å². The third kappa shape index (κ3) is 3.26. The monoisotopic (exact) mass is 270 g/mol. The van der Waals surface area contributed by atoms with Crippen molar-refractivity contribution in [1.82, 2.24) is 0 Å². The van der Waals surface area contributed by atoms with Crippen molar-refractivity contribution in [2.24, 2.45) is 17.8 Å². The number of phenols is 1. The summed E-state index contributed by atoms with van der Waals surface area (Å²) in [5.74, 6) is 3.30. The zero-order chi connectivity index (χ0) is 13.8. The first-order chi connectivity index (χ1) is 9.83. The number of phenolic OH excluding ortho intramolecular Hbond substituents is 1. The number of aromatic hydroxyl groups is 1. The molecule has 1 aromatic carbocycles. The highest BCUT2D eigenvalue weighted by Crippen LogP contribution is 2.45. The highest BCUT2D eigenvalue weighted by atomic mass is 16.3. The second-order valence-corrected chi connectivity index (χ2v) is 6.63. The minimum Gasteiger partial charge on any atom is -0.508 e. The lowest BCUT2D eigenvalue weighted by Gasteiger charge is -2.41. The Hall–Kier alpha value is -1.24. The summed E-state index contributed by atoms with van der Waals surface area (Å²) >= 11 is 0. The minimum absolute atomic E-state index is 0.347. The SMILES string of the molecule is Oc1ccc(C=CCC2CCCC3CCCCC23)cc1. The Bertz CT molecular complexity index is 443. The Morgan fingerprint density at radius 1 is 0.950 bits per heavy atom. The quantitative estimate of drug-likeness (QED) is 0.779. The summed E-state index contributed by atoms with van der Waals surface area (Å²) < 4.78 is 0. The number of hydrogen-bond acceptors (Lipinski definition) is 1. The van der Waals surface area contributed by atoms with E-state index in [4.69, 9.17) is 0 Å². The number of rotatable bonds is 3. The third-order valence-electron chi connectivity index (χ3n) is 5.37. The number of fused-ring (bicyclic) bond motifs is 1. The van der Waals surface area contributed by atoms with Gasteiger partial charge in [-0.05, 0) is 54.7 Å². The van der Waals surface area contributed by atoms with Gasteiger partial charge in [0.05, 0.1) is 0 Å². The average molecular weight is 270 g/mol. The molecule has 3 atom stereocenters. The summed E-state index contributed by atoms with van der Waals surface area (Å²) in [6.07, 6.45) is 16.1. The average Bonchev–Trinajstić information content (AvgIpc) is 2.49. The molecule has 1 heteroatoms. The molecule has 0 heterocycles. The molecular weight excluding hydrogens is 244 g/mol. The van der Waals surface area contributed by atoms with Gasteiger partial charge in [-0.15, -0.1) is 0 Å². The van der Waals surface area contributed by atoms with E-state index in [1.54, 1.807) is 12.1 Å². The molecule has 2 fully saturated rings. The summed E-state index contributed by atoms with van der Waals surface area (Å²) in [4.78, 5) is 0. The van der Waals surface area contributed by atoms with Crippen LogP contribution < -0.4 is 0 Å². The second kappa shape index (κ2) is 6.47. The van der Waals surface area contributed by atoms with Gasteiger partial charge in [0.15, 0.2) is 0 Å². The number of benzene rings is 1. The maximum absolute atomic E-state index is 9.29. The van der Waals surface area contributed by atoms with Crippen molar-refractivity contribution in [3.05, 3.63) is 35.9 Å². The van der Waals surface area contributed by atoms with Gasteiger partial charge in [0.2, 0.25) is 0 Å². The van der Waals surface area contributed by atoms with E-state index < -0.39 is 0 Å². The Morgan fingerprint density at radius 2 is 1.70 bits per heavy atom. The molecule has 20 heavy (non-hydrogen) atoms. The molecule has 3 rings (SSSR count). The fraction of sp³-hybridized carbons (Fsp3) is 0.579. The van der Waals surface area contributed by atoms with Crippen molar-refractivity contribution in [2.45, 2.75) is 51.4 Å². The van der Waals surface area contributed by atoms with E-state index in [1.165, 1.54) is 56.9 Å². The van der Waals surface area contributed by atoms with E-state index in [-0.39, 0.29) is 0 Å². The van der Waals surface area contributed by atoms with Crippen LogP contribution in [-0.4, -0.2) is 5.11 Å². The van der Waals surface area contributed by atoms with Crippen LogP contribution in [0.3, 0.4) is 0 Å². The lowest BCUT2D eigenvalue weighted by Crippen LogP contribution is -2.30. The van der Waals surface area contributed by atoms with E-state index in [0.717, 1.165) is 17.8 Å². The van der Waals surface area contributed by atoms with E-state index in [9.17, 15) is 5.11 Å². The summed E-state index contributed by atoms with van der Waals surface area (Å²) in [5.41, 5.74) is 1.19. The fourth-order valence-electron chi connectivity index (χ4n) is 4.33. The van der Waals surface area contributed by atoms with Crippen molar-refractivity contribution in [3.8, 4) is 5.75 Å². The van der Waals surface area contributed by atoms with Crippen LogP contribution >= 0.6 is 0 Å². The first-order valence-corrected chi connectivity index (χ1v) is 8.28. The first-order valence-electron chi connectivity index (χ1n) is 8.28. The third-order valence-corrected chi connectivity index (χ3v) is 5.37. The molecule has 0 bridgehead atoms. The number of allylic oxidation sites excluding steroid dienone is 1. The van der Waals surface area contributed by atoms with Crippen LogP contribution in [0.2, 0.25) is 0 Å². The zero-order valence-electron chi connectivity index (χ0n) is 12.3. The van der Waals surface area contributed by atoms with Crippen LogP contribution in [0.25, 0.3) is 6.08 Å². The van der Waals surface area contributed by atoms with Crippen molar-refractivity contribution in [2.75, 3.05) is 0 Å². The van der Waals surface area contributed by atoms with E-state index in [0.29, 0.717) is 5.75 Å². The van der Waals surface area contributed by atoms with E-state index in [2.05, 4.69) is 12.2 Å². The van der Waals surface area contributed by atoms with Gasteiger partial charge < -0.3 is 5.11 Å². The Labute approximate surface area is 122 Å². The molecule has 3 unspecified atom stereocenters. The molecule has 0 spiro atoms. The maximum Gasteiger partial charge on any atom is 0.115 e. The summed E-state index contributed by atoms with van der Waals surface area (Å²) in [6, 6.07) is 7.49. The van der Waals surface area contributed by atoms with E-state index >= 15 is 0 Å². The molecule has 2 saturated carbocycles. The molecule has 1 N–H and O–H groups in total.